The summed E-state index contributed by atoms with van der Waals surface area (Å²) < 4.78 is 5.45. The first-order chi connectivity index (χ1) is 19.6. The van der Waals surface area contributed by atoms with Gasteiger partial charge in [0.1, 0.15) is 11.3 Å². The number of hydrazone groups is 1. The summed E-state index contributed by atoms with van der Waals surface area (Å²) in [5.41, 5.74) is 0.718. The summed E-state index contributed by atoms with van der Waals surface area (Å²) in [6.07, 6.45) is 0.864. The molecule has 3 aromatic rings. The van der Waals surface area contributed by atoms with E-state index in [1.54, 1.807) is 55.5 Å². The number of imide groups is 1. The van der Waals surface area contributed by atoms with Crippen molar-refractivity contribution in [2.75, 3.05) is 7.11 Å². The number of carboxylic acids is 1. The maximum atomic E-state index is 14.4. The summed E-state index contributed by atoms with van der Waals surface area (Å²) in [5, 5.41) is 15.0. The first-order valence-corrected chi connectivity index (χ1v) is 12.8. The molecule has 1 aliphatic rings. The SMILES string of the molecule is COc1ccccc1[C@@H](CC(=O)O)N(C(C)=O)N1C(=O)N(Cc2ccccc2)[C@](C)(c2ccc(C=NN)cc2)C1=O. The molecule has 41 heavy (non-hydrogen) atoms. The van der Waals surface area contributed by atoms with Gasteiger partial charge in [-0.2, -0.15) is 10.1 Å². The molecule has 1 aliphatic heterocycles. The Morgan fingerprint density at radius 2 is 1.68 bits per heavy atom. The third kappa shape index (κ3) is 5.46. The van der Waals surface area contributed by atoms with Gasteiger partial charge in [-0.1, -0.05) is 72.8 Å². The molecule has 0 aromatic heterocycles. The molecule has 0 spiro atoms. The zero-order valence-corrected chi connectivity index (χ0v) is 22.9. The van der Waals surface area contributed by atoms with Crippen molar-refractivity contribution in [3.05, 3.63) is 101 Å². The Morgan fingerprint density at radius 1 is 1.05 bits per heavy atom. The fourth-order valence-corrected chi connectivity index (χ4v) is 5.09. The zero-order valence-electron chi connectivity index (χ0n) is 22.9. The van der Waals surface area contributed by atoms with Crippen LogP contribution in [0.5, 0.6) is 5.75 Å². The van der Waals surface area contributed by atoms with E-state index >= 15 is 0 Å². The monoisotopic (exact) mass is 557 g/mol. The van der Waals surface area contributed by atoms with E-state index in [9.17, 15) is 24.3 Å². The maximum Gasteiger partial charge on any atom is 0.347 e. The third-order valence-corrected chi connectivity index (χ3v) is 7.14. The van der Waals surface area contributed by atoms with Crippen LogP contribution in [0.15, 0.2) is 84.0 Å². The Morgan fingerprint density at radius 3 is 2.27 bits per heavy atom. The van der Waals surface area contributed by atoms with Gasteiger partial charge in [-0.3, -0.25) is 19.3 Å². The fraction of sp³-hybridized carbons (Fsp3) is 0.233. The van der Waals surface area contributed by atoms with Crippen molar-refractivity contribution in [1.82, 2.24) is 14.9 Å². The molecule has 0 unspecified atom stereocenters. The quantitative estimate of drug-likeness (QED) is 0.167. The second kappa shape index (κ2) is 11.9. The number of rotatable bonds is 10. The van der Waals surface area contributed by atoms with Crippen molar-refractivity contribution in [3.8, 4) is 5.75 Å². The molecule has 3 N–H and O–H groups in total. The highest BCUT2D eigenvalue weighted by atomic mass is 16.5. The summed E-state index contributed by atoms with van der Waals surface area (Å²) in [5.74, 6) is 2.95. The molecule has 11 nitrogen and oxygen atoms in total. The number of aliphatic carboxylic acids is 1. The standard InChI is InChI=1S/C30H31N5O6/c1-20(36)34(25(17-27(37)38)24-11-7-8-12-26(24)41-3)35-28(39)30(2,23-15-13-21(14-16-23)18-32-31)33(29(35)40)19-22-9-5-4-6-10-22/h4-16,18,25H,17,19,31H2,1-3H3,(H,37,38)/t25-,30-/m1/s1. The number of carbonyl (C=O) groups excluding carboxylic acids is 3. The van der Waals surface area contributed by atoms with Crippen LogP contribution in [0.25, 0.3) is 0 Å². The zero-order chi connectivity index (χ0) is 29.7. The van der Waals surface area contributed by atoms with Crippen LogP contribution < -0.4 is 10.6 Å². The predicted molar refractivity (Wildman–Crippen MR) is 150 cm³/mol. The molecule has 0 radical (unpaired) electrons. The molecule has 4 amide bonds. The molecule has 212 valence electrons. The molecule has 1 fully saturated rings. The average Bonchev–Trinajstić information content (AvgIpc) is 3.14. The largest absolute Gasteiger partial charge is 0.496 e. The molecule has 0 bridgehead atoms. The van der Waals surface area contributed by atoms with Gasteiger partial charge in [-0.15, -0.1) is 0 Å². The molecule has 0 saturated carbocycles. The Balaban J connectivity index is 1.89. The minimum absolute atomic E-state index is 0.0500. The van der Waals surface area contributed by atoms with Crippen LogP contribution in [0, 0.1) is 0 Å². The van der Waals surface area contributed by atoms with Gasteiger partial charge in [-0.25, -0.2) is 9.80 Å². The van der Waals surface area contributed by atoms with Crippen LogP contribution in [0.1, 0.15) is 48.6 Å². The molecule has 1 saturated heterocycles. The Hall–Kier alpha value is -5.19. The van der Waals surface area contributed by atoms with Crippen LogP contribution in [0.4, 0.5) is 4.79 Å². The second-order valence-corrected chi connectivity index (χ2v) is 9.66. The van der Waals surface area contributed by atoms with Crippen LogP contribution in [0.3, 0.4) is 0 Å². The number of nitrogens with two attached hydrogens (primary N) is 1. The summed E-state index contributed by atoms with van der Waals surface area (Å²) >= 11 is 0. The number of carboxylic acid groups (broad SMARTS) is 1. The topological polar surface area (TPSA) is 146 Å². The Bertz CT molecular complexity index is 1480. The third-order valence-electron chi connectivity index (χ3n) is 7.14. The number of amides is 4. The van der Waals surface area contributed by atoms with Gasteiger partial charge in [0.05, 0.1) is 25.8 Å². The van der Waals surface area contributed by atoms with Crippen molar-refractivity contribution in [1.29, 1.82) is 0 Å². The van der Waals surface area contributed by atoms with Gasteiger partial charge in [-0.05, 0) is 29.7 Å². The normalized spacial score (nSPS) is 17.6. The van der Waals surface area contributed by atoms with E-state index in [1.165, 1.54) is 25.1 Å². The number of ether oxygens (including phenoxy) is 1. The number of carbonyl (C=O) groups is 4. The Labute approximate surface area is 237 Å². The van der Waals surface area contributed by atoms with Crippen LogP contribution in [-0.4, -0.2) is 57.2 Å². The van der Waals surface area contributed by atoms with Crippen molar-refractivity contribution >= 4 is 30.0 Å². The van der Waals surface area contributed by atoms with Gasteiger partial charge in [0, 0.05) is 19.0 Å². The molecule has 1 heterocycles. The highest BCUT2D eigenvalue weighted by Crippen LogP contribution is 2.42. The Kier molecular flexibility index (Phi) is 8.37. The van der Waals surface area contributed by atoms with Gasteiger partial charge in [0.2, 0.25) is 5.91 Å². The number of hydrazine groups is 1. The fourth-order valence-electron chi connectivity index (χ4n) is 5.09. The first kappa shape index (κ1) is 28.8. The van der Waals surface area contributed by atoms with Gasteiger partial charge >= 0.3 is 12.0 Å². The number of benzene rings is 3. The number of urea groups is 1. The van der Waals surface area contributed by atoms with E-state index in [1.807, 2.05) is 30.3 Å². The molecule has 11 heteroatoms. The number of para-hydroxylation sites is 1. The summed E-state index contributed by atoms with van der Waals surface area (Å²) in [6, 6.07) is 20.5. The van der Waals surface area contributed by atoms with E-state index in [2.05, 4.69) is 5.10 Å². The second-order valence-electron chi connectivity index (χ2n) is 9.66. The smallest absolute Gasteiger partial charge is 0.347 e. The molecule has 4 rings (SSSR count). The van der Waals surface area contributed by atoms with E-state index in [-0.39, 0.29) is 6.54 Å². The van der Waals surface area contributed by atoms with Crippen LogP contribution in [-0.2, 0) is 26.5 Å². The average molecular weight is 558 g/mol. The highest BCUT2D eigenvalue weighted by molar-refractivity contribution is 6.08. The van der Waals surface area contributed by atoms with E-state index in [4.69, 9.17) is 10.6 Å². The van der Waals surface area contributed by atoms with Crippen LogP contribution >= 0.6 is 0 Å². The van der Waals surface area contributed by atoms with Crippen molar-refractivity contribution in [3.63, 3.8) is 0 Å². The van der Waals surface area contributed by atoms with Crippen molar-refractivity contribution in [2.24, 2.45) is 10.9 Å². The lowest BCUT2D eigenvalue weighted by Crippen LogP contribution is -2.52. The lowest BCUT2D eigenvalue weighted by Gasteiger charge is -2.36. The minimum Gasteiger partial charge on any atom is -0.496 e. The number of hydrogen-bond acceptors (Lipinski definition) is 7. The summed E-state index contributed by atoms with van der Waals surface area (Å²) in [7, 11) is 1.42. The molecule has 3 aromatic carbocycles. The van der Waals surface area contributed by atoms with Crippen molar-refractivity contribution in [2.45, 2.75) is 38.4 Å². The number of hydrogen-bond donors (Lipinski definition) is 2. The van der Waals surface area contributed by atoms with Gasteiger partial charge in [0.15, 0.2) is 0 Å². The van der Waals surface area contributed by atoms with Gasteiger partial charge in [0.25, 0.3) is 5.91 Å². The maximum absolute atomic E-state index is 14.4. The first-order valence-electron chi connectivity index (χ1n) is 12.8. The van der Waals surface area contributed by atoms with Crippen molar-refractivity contribution < 1.29 is 29.0 Å². The van der Waals surface area contributed by atoms with E-state index in [0.717, 1.165) is 15.6 Å². The molecule has 2 atom stereocenters. The van der Waals surface area contributed by atoms with Gasteiger partial charge < -0.3 is 15.7 Å². The molecular weight excluding hydrogens is 526 g/mol. The lowest BCUT2D eigenvalue weighted by molar-refractivity contribution is -0.162. The summed E-state index contributed by atoms with van der Waals surface area (Å²) in [4.78, 5) is 55.3. The summed E-state index contributed by atoms with van der Waals surface area (Å²) in [6.45, 7) is 2.84. The lowest BCUT2D eigenvalue weighted by atomic mass is 9.89. The highest BCUT2D eigenvalue weighted by Gasteiger charge is 2.58. The minimum atomic E-state index is -1.55. The van der Waals surface area contributed by atoms with E-state index < -0.39 is 41.8 Å². The number of methoxy groups -OCH3 is 1. The predicted octanol–water partition coefficient (Wildman–Crippen LogP) is 3.65. The molecular formula is C30H31N5O6. The molecule has 0 aliphatic carbocycles. The van der Waals surface area contributed by atoms with Crippen LogP contribution in [0.2, 0.25) is 0 Å². The van der Waals surface area contributed by atoms with E-state index in [0.29, 0.717) is 22.4 Å². The number of nitrogens with zero attached hydrogens (tertiary/aromatic N) is 4.